The Morgan fingerprint density at radius 2 is 1.62 bits per heavy atom. The Morgan fingerprint density at radius 3 is 2.21 bits per heavy atom. The number of aryl methyl sites for hydroxylation is 1. The van der Waals surface area contributed by atoms with E-state index >= 15 is 0 Å². The molecule has 0 aliphatic carbocycles. The minimum Gasteiger partial charge on any atom is -0.339 e. The SMILES string of the molecule is Cc1cc(C(=O)Nc2ccc(SC(=O)N(C)C)cc2)c(C)n1-c1ccc(F)cc1. The average molecular weight is 412 g/mol. The summed E-state index contributed by atoms with van der Waals surface area (Å²) in [6.45, 7) is 3.76. The second kappa shape index (κ2) is 8.53. The van der Waals surface area contributed by atoms with E-state index in [0.29, 0.717) is 11.3 Å². The molecule has 3 aromatic rings. The third-order valence-corrected chi connectivity index (χ3v) is 5.49. The molecule has 0 saturated carbocycles. The quantitative estimate of drug-likeness (QED) is 0.596. The monoisotopic (exact) mass is 411 g/mol. The van der Waals surface area contributed by atoms with Gasteiger partial charge in [-0.05, 0) is 80.2 Å². The predicted octanol–water partition coefficient (Wildman–Crippen LogP) is 5.26. The van der Waals surface area contributed by atoms with Crippen molar-refractivity contribution < 1.29 is 14.0 Å². The molecule has 3 rings (SSSR count). The first-order valence-corrected chi connectivity index (χ1v) is 9.83. The van der Waals surface area contributed by atoms with Crippen LogP contribution in [0.5, 0.6) is 0 Å². The van der Waals surface area contributed by atoms with Gasteiger partial charge in [0.15, 0.2) is 0 Å². The number of nitrogens with one attached hydrogen (secondary N) is 1. The Morgan fingerprint density at radius 1 is 1.00 bits per heavy atom. The zero-order chi connectivity index (χ0) is 21.1. The van der Waals surface area contributed by atoms with Crippen LogP contribution >= 0.6 is 11.8 Å². The number of halogens is 1. The third kappa shape index (κ3) is 4.68. The van der Waals surface area contributed by atoms with E-state index in [0.717, 1.165) is 33.7 Å². The maximum Gasteiger partial charge on any atom is 0.285 e. The summed E-state index contributed by atoms with van der Waals surface area (Å²) in [7, 11) is 3.40. The first-order chi connectivity index (χ1) is 13.8. The standard InChI is InChI=1S/C22H22FN3O2S/c1-14-13-20(15(2)26(14)18-9-5-16(23)6-10-18)21(27)24-17-7-11-19(12-8-17)29-22(28)25(3)4/h5-13H,1-4H3,(H,24,27). The molecule has 0 aliphatic rings. The zero-order valence-electron chi connectivity index (χ0n) is 16.7. The molecule has 0 bridgehead atoms. The Balaban J connectivity index is 1.77. The lowest BCUT2D eigenvalue weighted by atomic mass is 10.2. The van der Waals surface area contributed by atoms with Crippen LogP contribution < -0.4 is 5.32 Å². The fraction of sp³-hybridized carbons (Fsp3) is 0.182. The van der Waals surface area contributed by atoms with Crippen LogP contribution in [0.25, 0.3) is 5.69 Å². The number of nitrogens with zero attached hydrogens (tertiary/aromatic N) is 2. The van der Waals surface area contributed by atoms with E-state index in [4.69, 9.17) is 0 Å². The topological polar surface area (TPSA) is 54.3 Å². The maximum atomic E-state index is 13.2. The molecule has 0 unspecified atom stereocenters. The van der Waals surface area contributed by atoms with Crippen LogP contribution in [-0.4, -0.2) is 34.7 Å². The Hall–Kier alpha value is -3.06. The molecular formula is C22H22FN3O2S. The fourth-order valence-electron chi connectivity index (χ4n) is 2.98. The molecule has 0 fully saturated rings. The lowest BCUT2D eigenvalue weighted by molar-refractivity contribution is 0.102. The van der Waals surface area contributed by atoms with Gasteiger partial charge in [0.25, 0.3) is 11.1 Å². The summed E-state index contributed by atoms with van der Waals surface area (Å²) in [4.78, 5) is 26.9. The highest BCUT2D eigenvalue weighted by Crippen LogP contribution is 2.24. The highest BCUT2D eigenvalue weighted by molar-refractivity contribution is 8.13. The minimum absolute atomic E-state index is 0.0602. The molecule has 1 aromatic heterocycles. The Bertz CT molecular complexity index is 1040. The van der Waals surface area contributed by atoms with E-state index in [9.17, 15) is 14.0 Å². The summed E-state index contributed by atoms with van der Waals surface area (Å²) in [5.74, 6) is -0.528. The van der Waals surface area contributed by atoms with Gasteiger partial charge in [0.05, 0.1) is 5.56 Å². The van der Waals surface area contributed by atoms with E-state index < -0.39 is 0 Å². The summed E-state index contributed by atoms with van der Waals surface area (Å²) >= 11 is 1.13. The second-order valence-electron chi connectivity index (χ2n) is 6.84. The molecular weight excluding hydrogens is 389 g/mol. The molecule has 5 nitrogen and oxygen atoms in total. The Labute approximate surface area is 173 Å². The normalized spacial score (nSPS) is 10.7. The van der Waals surface area contributed by atoms with Crippen LogP contribution in [0.1, 0.15) is 21.7 Å². The summed E-state index contributed by atoms with van der Waals surface area (Å²) in [6.07, 6.45) is 0. The van der Waals surface area contributed by atoms with Crippen molar-refractivity contribution in [3.8, 4) is 5.69 Å². The van der Waals surface area contributed by atoms with E-state index in [1.54, 1.807) is 50.5 Å². The number of hydrogen-bond donors (Lipinski definition) is 1. The van der Waals surface area contributed by atoms with Crippen molar-refractivity contribution in [3.05, 3.63) is 77.4 Å². The molecule has 7 heteroatoms. The predicted molar refractivity (Wildman–Crippen MR) is 115 cm³/mol. The van der Waals surface area contributed by atoms with Crippen molar-refractivity contribution in [2.24, 2.45) is 0 Å². The molecule has 29 heavy (non-hydrogen) atoms. The van der Waals surface area contributed by atoms with Gasteiger partial charge in [-0.25, -0.2) is 4.39 Å². The lowest BCUT2D eigenvalue weighted by Gasteiger charge is -2.11. The van der Waals surface area contributed by atoms with Crippen molar-refractivity contribution in [2.45, 2.75) is 18.7 Å². The maximum absolute atomic E-state index is 13.2. The van der Waals surface area contributed by atoms with E-state index in [1.165, 1.54) is 17.0 Å². The number of rotatable bonds is 4. The number of carbonyl (C=O) groups is 2. The number of anilines is 1. The molecule has 0 radical (unpaired) electrons. The summed E-state index contributed by atoms with van der Waals surface area (Å²) in [5, 5.41) is 2.83. The minimum atomic E-state index is -0.303. The molecule has 2 amide bonds. The molecule has 150 valence electrons. The third-order valence-electron chi connectivity index (χ3n) is 4.44. The highest BCUT2D eigenvalue weighted by atomic mass is 32.2. The summed E-state index contributed by atoms with van der Waals surface area (Å²) in [5.41, 5.74) is 3.65. The smallest absolute Gasteiger partial charge is 0.285 e. The van der Waals surface area contributed by atoms with Crippen LogP contribution in [0.3, 0.4) is 0 Å². The summed E-state index contributed by atoms with van der Waals surface area (Å²) in [6, 6.07) is 15.1. The Kier molecular flexibility index (Phi) is 6.08. The van der Waals surface area contributed by atoms with E-state index in [2.05, 4.69) is 5.32 Å². The van der Waals surface area contributed by atoms with Crippen molar-refractivity contribution in [2.75, 3.05) is 19.4 Å². The number of carbonyl (C=O) groups excluding carboxylic acids is 2. The van der Waals surface area contributed by atoms with Gasteiger partial charge in [-0.15, -0.1) is 0 Å². The van der Waals surface area contributed by atoms with Crippen LogP contribution in [0, 0.1) is 19.7 Å². The lowest BCUT2D eigenvalue weighted by Crippen LogP contribution is -2.16. The largest absolute Gasteiger partial charge is 0.339 e. The van der Waals surface area contributed by atoms with Crippen molar-refractivity contribution in [3.63, 3.8) is 0 Å². The first kappa shape index (κ1) is 20.7. The zero-order valence-corrected chi connectivity index (χ0v) is 17.5. The average Bonchev–Trinajstić information content (AvgIpc) is 2.98. The number of thioether (sulfide) groups is 1. The van der Waals surface area contributed by atoms with Gasteiger partial charge in [0, 0.05) is 41.8 Å². The van der Waals surface area contributed by atoms with Gasteiger partial charge >= 0.3 is 0 Å². The van der Waals surface area contributed by atoms with E-state index in [1.807, 2.05) is 24.5 Å². The highest BCUT2D eigenvalue weighted by Gasteiger charge is 2.17. The van der Waals surface area contributed by atoms with Gasteiger partial charge in [-0.2, -0.15) is 0 Å². The van der Waals surface area contributed by atoms with Gasteiger partial charge in [-0.3, -0.25) is 9.59 Å². The van der Waals surface area contributed by atoms with Crippen LogP contribution in [0.4, 0.5) is 14.9 Å². The molecule has 0 saturated heterocycles. The number of aromatic nitrogens is 1. The molecule has 0 aliphatic heterocycles. The van der Waals surface area contributed by atoms with Crippen molar-refractivity contribution in [1.29, 1.82) is 0 Å². The van der Waals surface area contributed by atoms with Gasteiger partial charge < -0.3 is 14.8 Å². The molecule has 2 aromatic carbocycles. The molecule has 0 spiro atoms. The van der Waals surface area contributed by atoms with E-state index in [-0.39, 0.29) is 17.0 Å². The van der Waals surface area contributed by atoms with Crippen molar-refractivity contribution >= 4 is 28.6 Å². The molecule has 1 N–H and O–H groups in total. The second-order valence-corrected chi connectivity index (χ2v) is 7.86. The number of benzene rings is 2. The van der Waals surface area contributed by atoms with Crippen LogP contribution in [-0.2, 0) is 0 Å². The molecule has 0 atom stereocenters. The fourth-order valence-corrected chi connectivity index (χ4v) is 3.63. The van der Waals surface area contributed by atoms with Crippen molar-refractivity contribution in [1.82, 2.24) is 9.47 Å². The van der Waals surface area contributed by atoms with Crippen LogP contribution in [0.2, 0.25) is 0 Å². The first-order valence-electron chi connectivity index (χ1n) is 9.01. The number of hydrogen-bond acceptors (Lipinski definition) is 3. The van der Waals surface area contributed by atoms with Crippen LogP contribution in [0.15, 0.2) is 59.5 Å². The van der Waals surface area contributed by atoms with Gasteiger partial charge in [0.1, 0.15) is 5.82 Å². The molecule has 1 heterocycles. The number of amides is 2. The van der Waals surface area contributed by atoms with Gasteiger partial charge in [-0.1, -0.05) is 0 Å². The van der Waals surface area contributed by atoms with Gasteiger partial charge in [0.2, 0.25) is 0 Å². The summed E-state index contributed by atoms with van der Waals surface area (Å²) < 4.78 is 15.1.